The van der Waals surface area contributed by atoms with Crippen LogP contribution in [0.25, 0.3) is 0 Å². The number of nitrogens with two attached hydrogens (primary N) is 1. The smallest absolute Gasteiger partial charge is 0.257 e. The van der Waals surface area contributed by atoms with Crippen molar-refractivity contribution in [3.05, 3.63) is 83.9 Å². The van der Waals surface area contributed by atoms with Crippen LogP contribution in [0.1, 0.15) is 15.9 Å². The molecule has 0 radical (unpaired) electrons. The summed E-state index contributed by atoms with van der Waals surface area (Å²) in [6, 6.07) is 20.5. The zero-order valence-corrected chi connectivity index (χ0v) is 23.6. The van der Waals surface area contributed by atoms with Gasteiger partial charge in [-0.25, -0.2) is 16.8 Å². The average molecular weight is 572 g/mol. The van der Waals surface area contributed by atoms with E-state index < -0.39 is 26.0 Å². The van der Waals surface area contributed by atoms with Gasteiger partial charge in [0, 0.05) is 44.6 Å². The fourth-order valence-electron chi connectivity index (χ4n) is 4.44. The molecule has 1 saturated heterocycles. The number of hydrogen-bond donors (Lipinski definition) is 2. The number of sulfonamides is 2. The second kappa shape index (κ2) is 11.7. The molecule has 3 aromatic rings. The molecule has 0 saturated carbocycles. The maximum Gasteiger partial charge on any atom is 0.257 e. The van der Waals surface area contributed by atoms with E-state index in [1.54, 1.807) is 18.2 Å². The second-order valence-electron chi connectivity index (χ2n) is 9.33. The monoisotopic (exact) mass is 571 g/mol. The molecule has 10 nitrogen and oxygen atoms in total. The van der Waals surface area contributed by atoms with Gasteiger partial charge < -0.3 is 16.0 Å². The van der Waals surface area contributed by atoms with Crippen molar-refractivity contribution in [3.8, 4) is 0 Å². The van der Waals surface area contributed by atoms with Crippen molar-refractivity contribution in [1.29, 1.82) is 0 Å². The fraction of sp³-hybridized carbons (Fsp3) is 0.296. The van der Waals surface area contributed by atoms with E-state index in [9.17, 15) is 21.6 Å². The lowest BCUT2D eigenvalue weighted by molar-refractivity contribution is 0.102. The number of amides is 1. The van der Waals surface area contributed by atoms with E-state index in [0.29, 0.717) is 38.4 Å². The number of hydrogen-bond acceptors (Lipinski definition) is 7. The number of rotatable bonds is 9. The molecule has 0 unspecified atom stereocenters. The van der Waals surface area contributed by atoms with Gasteiger partial charge >= 0.3 is 0 Å². The van der Waals surface area contributed by atoms with Gasteiger partial charge in [0.2, 0.25) is 20.0 Å². The lowest BCUT2D eigenvalue weighted by Crippen LogP contribution is -2.48. The molecular formula is C27H33N5O5S2. The van der Waals surface area contributed by atoms with Crippen molar-refractivity contribution in [1.82, 2.24) is 4.31 Å². The third kappa shape index (κ3) is 6.59. The molecule has 0 bridgehead atoms. The van der Waals surface area contributed by atoms with Crippen LogP contribution in [0.15, 0.2) is 77.7 Å². The normalized spacial score (nSPS) is 14.7. The summed E-state index contributed by atoms with van der Waals surface area (Å²) in [6.07, 6.45) is 1.85. The predicted molar refractivity (Wildman–Crippen MR) is 154 cm³/mol. The van der Waals surface area contributed by atoms with Crippen molar-refractivity contribution >= 4 is 43.0 Å². The minimum Gasteiger partial charge on any atom is -0.369 e. The van der Waals surface area contributed by atoms with Gasteiger partial charge in [0.05, 0.1) is 22.4 Å². The first-order valence-electron chi connectivity index (χ1n) is 12.5. The third-order valence-corrected chi connectivity index (χ3v) is 9.79. The summed E-state index contributed by atoms with van der Waals surface area (Å²) >= 11 is 0. The summed E-state index contributed by atoms with van der Waals surface area (Å²) in [5.74, 6) is -0.511. The highest BCUT2D eigenvalue weighted by Crippen LogP contribution is 2.25. The van der Waals surface area contributed by atoms with Crippen molar-refractivity contribution in [2.75, 3.05) is 60.5 Å². The minimum absolute atomic E-state index is 0.135. The fourth-order valence-corrected chi connectivity index (χ4v) is 6.38. The average Bonchev–Trinajstić information content (AvgIpc) is 2.93. The molecule has 1 fully saturated rings. The molecule has 0 aliphatic carbocycles. The van der Waals surface area contributed by atoms with Crippen molar-refractivity contribution in [2.45, 2.75) is 11.3 Å². The van der Waals surface area contributed by atoms with Crippen LogP contribution in [-0.2, 0) is 26.5 Å². The lowest BCUT2D eigenvalue weighted by atomic mass is 10.1. The van der Waals surface area contributed by atoms with Gasteiger partial charge in [-0.2, -0.15) is 4.31 Å². The maximum absolute atomic E-state index is 13.3. The Morgan fingerprint density at radius 2 is 1.59 bits per heavy atom. The first kappa shape index (κ1) is 28.6. The van der Waals surface area contributed by atoms with E-state index in [2.05, 4.69) is 16.3 Å². The maximum atomic E-state index is 13.3. The largest absolute Gasteiger partial charge is 0.369 e. The van der Waals surface area contributed by atoms with Crippen molar-refractivity contribution < 1.29 is 21.6 Å². The van der Waals surface area contributed by atoms with E-state index >= 15 is 0 Å². The van der Waals surface area contributed by atoms with Crippen LogP contribution in [0.3, 0.4) is 0 Å². The number of anilines is 3. The molecule has 12 heteroatoms. The summed E-state index contributed by atoms with van der Waals surface area (Å²) in [4.78, 5) is 15.2. The molecule has 1 amide bonds. The second-order valence-corrected chi connectivity index (χ2v) is 13.3. The topological polar surface area (TPSA) is 133 Å². The highest BCUT2D eigenvalue weighted by molar-refractivity contribution is 7.92. The van der Waals surface area contributed by atoms with Gasteiger partial charge in [-0.3, -0.25) is 9.10 Å². The molecule has 208 valence electrons. The quantitative estimate of drug-likeness (QED) is 0.403. The first-order valence-corrected chi connectivity index (χ1v) is 15.8. The Bertz CT molecular complexity index is 1530. The number of benzene rings is 3. The van der Waals surface area contributed by atoms with Crippen molar-refractivity contribution in [2.24, 2.45) is 5.73 Å². The zero-order chi connectivity index (χ0) is 28.2. The molecule has 0 atom stereocenters. The van der Waals surface area contributed by atoms with Crippen molar-refractivity contribution in [3.63, 3.8) is 0 Å². The van der Waals surface area contributed by atoms with Gasteiger partial charge in [0.1, 0.15) is 0 Å². The molecule has 1 heterocycles. The third-order valence-electron chi connectivity index (χ3n) is 6.68. The van der Waals surface area contributed by atoms with E-state index in [1.807, 2.05) is 18.2 Å². The Morgan fingerprint density at radius 3 is 2.23 bits per heavy atom. The van der Waals surface area contributed by atoms with E-state index in [-0.39, 0.29) is 16.1 Å². The first-order chi connectivity index (χ1) is 18.5. The Labute approximate surface area is 230 Å². The molecule has 3 aromatic carbocycles. The predicted octanol–water partition coefficient (Wildman–Crippen LogP) is 2.35. The highest BCUT2D eigenvalue weighted by atomic mass is 32.2. The number of piperazine rings is 1. The van der Waals surface area contributed by atoms with Crippen LogP contribution < -0.4 is 20.3 Å². The van der Waals surface area contributed by atoms with E-state index in [0.717, 1.165) is 28.2 Å². The molecule has 1 aliphatic rings. The number of para-hydroxylation sites is 1. The Morgan fingerprint density at radius 1 is 0.923 bits per heavy atom. The summed E-state index contributed by atoms with van der Waals surface area (Å²) in [7, 11) is -5.90. The molecule has 39 heavy (non-hydrogen) atoms. The Kier molecular flexibility index (Phi) is 8.60. The standard InChI is InChI=1S/C27H33N5O5S2/c1-30(38(2,34)35)26-9-4-3-8-25(26)27(33)29-22-10-12-24(13-11-22)39(36,37)32-18-16-31(17-19-32)23-7-5-6-21(20-23)14-15-28/h3-13,20H,14-19,28H2,1-2H3,(H,29,33). The van der Waals surface area contributed by atoms with E-state index in [1.165, 1.54) is 41.7 Å². The number of nitrogens with zero attached hydrogens (tertiary/aromatic N) is 3. The summed E-state index contributed by atoms with van der Waals surface area (Å²) in [5, 5.41) is 2.72. The van der Waals surface area contributed by atoms with Gasteiger partial charge in [0.25, 0.3) is 5.91 Å². The minimum atomic E-state index is -3.71. The van der Waals surface area contributed by atoms with Crippen LogP contribution in [0.5, 0.6) is 0 Å². The van der Waals surface area contributed by atoms with Crippen LogP contribution in [-0.4, -0.2) is 73.1 Å². The molecule has 0 aromatic heterocycles. The van der Waals surface area contributed by atoms with Gasteiger partial charge in [-0.1, -0.05) is 24.3 Å². The number of carbonyl (C=O) groups excluding carboxylic acids is 1. The number of nitrogens with one attached hydrogen (secondary N) is 1. The molecule has 0 spiro atoms. The zero-order valence-electron chi connectivity index (χ0n) is 21.9. The van der Waals surface area contributed by atoms with Crippen LogP contribution in [0.2, 0.25) is 0 Å². The summed E-state index contributed by atoms with van der Waals surface area (Å²) in [5.41, 5.74) is 8.68. The molecular weight excluding hydrogens is 538 g/mol. The van der Waals surface area contributed by atoms with Gasteiger partial charge in [-0.15, -0.1) is 0 Å². The lowest BCUT2D eigenvalue weighted by Gasteiger charge is -2.35. The van der Waals surface area contributed by atoms with Crippen LogP contribution in [0.4, 0.5) is 17.1 Å². The molecule has 1 aliphatic heterocycles. The van der Waals surface area contributed by atoms with Gasteiger partial charge in [-0.05, 0) is 67.1 Å². The summed E-state index contributed by atoms with van der Waals surface area (Å²) in [6.45, 7) is 2.42. The molecule has 4 rings (SSSR count). The summed E-state index contributed by atoms with van der Waals surface area (Å²) < 4.78 is 53.0. The van der Waals surface area contributed by atoms with Crippen LogP contribution >= 0.6 is 0 Å². The Hall–Kier alpha value is -3.45. The Balaban J connectivity index is 1.42. The van der Waals surface area contributed by atoms with E-state index in [4.69, 9.17) is 5.73 Å². The van der Waals surface area contributed by atoms with Gasteiger partial charge in [0.15, 0.2) is 0 Å². The van der Waals surface area contributed by atoms with Crippen LogP contribution in [0, 0.1) is 0 Å². The highest BCUT2D eigenvalue weighted by Gasteiger charge is 2.29. The SMILES string of the molecule is CN(c1ccccc1C(=O)Nc1ccc(S(=O)(=O)N2CCN(c3cccc(CCN)c3)CC2)cc1)S(C)(=O)=O. The number of carbonyl (C=O) groups is 1. The molecule has 3 N–H and O–H groups in total.